The zero-order valence-corrected chi connectivity index (χ0v) is 13.1. The van der Waals surface area contributed by atoms with E-state index in [4.69, 9.17) is 0 Å². The summed E-state index contributed by atoms with van der Waals surface area (Å²) in [4.78, 5) is 16.8. The maximum atomic E-state index is 12.5. The first-order valence-corrected chi connectivity index (χ1v) is 7.49. The number of rotatable bonds is 2. The maximum Gasteiger partial charge on any atom is 0.254 e. The molecule has 1 aliphatic rings. The molecule has 0 saturated heterocycles. The number of nitrogens with one attached hydrogen (secondary N) is 1. The molecule has 21 heavy (non-hydrogen) atoms. The van der Waals surface area contributed by atoms with Gasteiger partial charge in [0.25, 0.3) is 5.91 Å². The average Bonchev–Trinajstić information content (AvgIpc) is 2.92. The summed E-state index contributed by atoms with van der Waals surface area (Å²) in [6.07, 6.45) is 4.90. The molecule has 0 radical (unpaired) electrons. The number of nitrogens with zero attached hydrogens (tertiary/aromatic N) is 3. The molecule has 1 atom stereocenters. The molecular weight excluding hydrogens is 264 g/mol. The summed E-state index contributed by atoms with van der Waals surface area (Å²) in [6.45, 7) is 8.35. The predicted octanol–water partition coefficient (Wildman–Crippen LogP) is 2.65. The summed E-state index contributed by atoms with van der Waals surface area (Å²) in [6, 6.07) is 2.18. The average molecular weight is 286 g/mol. The van der Waals surface area contributed by atoms with Crippen molar-refractivity contribution in [3.05, 3.63) is 29.2 Å². The highest BCUT2D eigenvalue weighted by Gasteiger charge is 2.32. The van der Waals surface area contributed by atoms with Crippen molar-refractivity contribution < 1.29 is 4.79 Å². The number of aryl methyl sites for hydroxylation is 2. The second kappa shape index (κ2) is 4.83. The Hall–Kier alpha value is -1.91. The number of fused-ring (bicyclic) bond motifs is 1. The van der Waals surface area contributed by atoms with Crippen molar-refractivity contribution in [3.8, 4) is 0 Å². The van der Waals surface area contributed by atoms with Gasteiger partial charge in [0.1, 0.15) is 0 Å². The van der Waals surface area contributed by atoms with E-state index in [0.29, 0.717) is 11.0 Å². The van der Waals surface area contributed by atoms with E-state index in [-0.39, 0.29) is 11.9 Å². The monoisotopic (exact) mass is 286 g/mol. The molecule has 2 heterocycles. The lowest BCUT2D eigenvalue weighted by Gasteiger charge is -2.18. The number of amides is 1. The van der Waals surface area contributed by atoms with Gasteiger partial charge in [-0.1, -0.05) is 13.8 Å². The van der Waals surface area contributed by atoms with Gasteiger partial charge in [-0.15, -0.1) is 0 Å². The van der Waals surface area contributed by atoms with Crippen molar-refractivity contribution in [2.24, 2.45) is 5.41 Å². The van der Waals surface area contributed by atoms with Crippen molar-refractivity contribution in [1.29, 1.82) is 0 Å². The third-order valence-corrected chi connectivity index (χ3v) is 4.39. The van der Waals surface area contributed by atoms with E-state index in [0.717, 1.165) is 36.3 Å². The Bertz CT molecular complexity index is 702. The number of hydrogen-bond acceptors (Lipinski definition) is 3. The van der Waals surface area contributed by atoms with Crippen LogP contribution in [-0.4, -0.2) is 26.5 Å². The van der Waals surface area contributed by atoms with Gasteiger partial charge < -0.3 is 5.32 Å². The van der Waals surface area contributed by atoms with Gasteiger partial charge in [-0.2, -0.15) is 5.10 Å². The molecular formula is C16H22N4O. The first-order chi connectivity index (χ1) is 9.85. The van der Waals surface area contributed by atoms with Crippen LogP contribution in [0.2, 0.25) is 0 Å². The normalized spacial score (nSPS) is 20.9. The molecule has 1 fully saturated rings. The molecule has 1 aliphatic carbocycles. The molecule has 5 heteroatoms. The fourth-order valence-corrected chi connectivity index (χ4v) is 3.21. The van der Waals surface area contributed by atoms with Gasteiger partial charge in [-0.05, 0) is 38.5 Å². The number of carbonyl (C=O) groups is 1. The van der Waals surface area contributed by atoms with Gasteiger partial charge in [0, 0.05) is 18.3 Å². The van der Waals surface area contributed by atoms with Crippen LogP contribution in [-0.2, 0) is 0 Å². The summed E-state index contributed by atoms with van der Waals surface area (Å²) in [5.41, 5.74) is 3.45. The van der Waals surface area contributed by atoms with Gasteiger partial charge in [-0.25, -0.2) is 9.50 Å². The van der Waals surface area contributed by atoms with Gasteiger partial charge >= 0.3 is 0 Å². The molecule has 112 valence electrons. The van der Waals surface area contributed by atoms with Crippen LogP contribution >= 0.6 is 0 Å². The fraction of sp³-hybridized carbons (Fsp3) is 0.562. The standard InChI is InChI=1S/C16H22N4O/c1-10-7-14-17-9-13(11(2)20(14)19-10)15(21)18-12-5-6-16(3,4)8-12/h7,9,12H,5-6,8H2,1-4H3,(H,18,21). The molecule has 0 aromatic carbocycles. The zero-order valence-electron chi connectivity index (χ0n) is 13.1. The maximum absolute atomic E-state index is 12.5. The molecule has 1 N–H and O–H groups in total. The minimum atomic E-state index is -0.0437. The molecule has 2 aromatic rings. The van der Waals surface area contributed by atoms with Crippen LogP contribution in [0.1, 0.15) is 54.9 Å². The zero-order chi connectivity index (χ0) is 15.2. The number of hydrogen-bond donors (Lipinski definition) is 1. The summed E-state index contributed by atoms with van der Waals surface area (Å²) >= 11 is 0. The largest absolute Gasteiger partial charge is 0.349 e. The van der Waals surface area contributed by atoms with E-state index in [1.165, 1.54) is 0 Å². The van der Waals surface area contributed by atoms with Crippen molar-refractivity contribution in [2.75, 3.05) is 0 Å². The molecule has 5 nitrogen and oxygen atoms in total. The topological polar surface area (TPSA) is 59.3 Å². The molecule has 1 saturated carbocycles. The highest BCUT2D eigenvalue weighted by atomic mass is 16.1. The van der Waals surface area contributed by atoms with Crippen molar-refractivity contribution in [2.45, 2.75) is 53.0 Å². The minimum Gasteiger partial charge on any atom is -0.349 e. The third kappa shape index (κ3) is 2.64. The van der Waals surface area contributed by atoms with E-state index < -0.39 is 0 Å². The van der Waals surface area contributed by atoms with Crippen LogP contribution < -0.4 is 5.32 Å². The minimum absolute atomic E-state index is 0.0437. The Morgan fingerprint density at radius 1 is 1.43 bits per heavy atom. The number of carbonyl (C=O) groups excluding carboxylic acids is 1. The first kappa shape index (κ1) is 14.0. The van der Waals surface area contributed by atoms with Gasteiger partial charge in [0.2, 0.25) is 0 Å². The third-order valence-electron chi connectivity index (χ3n) is 4.39. The Labute approximate surface area is 124 Å². The second-order valence-electron chi connectivity index (χ2n) is 6.89. The molecule has 0 aliphatic heterocycles. The lowest BCUT2D eigenvalue weighted by Crippen LogP contribution is -2.34. The molecule has 2 aromatic heterocycles. The first-order valence-electron chi connectivity index (χ1n) is 7.49. The smallest absolute Gasteiger partial charge is 0.254 e. The van der Waals surface area contributed by atoms with Crippen LogP contribution in [0.15, 0.2) is 12.3 Å². The summed E-state index contributed by atoms with van der Waals surface area (Å²) < 4.78 is 1.74. The van der Waals surface area contributed by atoms with Crippen molar-refractivity contribution in [1.82, 2.24) is 19.9 Å². The molecule has 1 amide bonds. The quantitative estimate of drug-likeness (QED) is 0.923. The highest BCUT2D eigenvalue weighted by Crippen LogP contribution is 2.37. The molecule has 0 bridgehead atoms. The van der Waals surface area contributed by atoms with E-state index in [1.54, 1.807) is 10.7 Å². The Morgan fingerprint density at radius 2 is 2.19 bits per heavy atom. The lowest BCUT2D eigenvalue weighted by atomic mass is 9.92. The van der Waals surface area contributed by atoms with Gasteiger partial charge in [0.15, 0.2) is 5.65 Å². The Morgan fingerprint density at radius 3 is 2.86 bits per heavy atom. The van der Waals surface area contributed by atoms with Crippen LogP contribution in [0, 0.1) is 19.3 Å². The number of aromatic nitrogens is 3. The van der Waals surface area contributed by atoms with Crippen LogP contribution in [0.3, 0.4) is 0 Å². The van der Waals surface area contributed by atoms with Gasteiger partial charge in [-0.3, -0.25) is 4.79 Å². The van der Waals surface area contributed by atoms with E-state index in [9.17, 15) is 4.79 Å². The highest BCUT2D eigenvalue weighted by molar-refractivity contribution is 5.95. The van der Waals surface area contributed by atoms with Crippen molar-refractivity contribution in [3.63, 3.8) is 0 Å². The van der Waals surface area contributed by atoms with E-state index >= 15 is 0 Å². The predicted molar refractivity (Wildman–Crippen MR) is 81.3 cm³/mol. The Balaban J connectivity index is 1.83. The molecule has 3 rings (SSSR count). The van der Waals surface area contributed by atoms with E-state index in [1.807, 2.05) is 19.9 Å². The van der Waals surface area contributed by atoms with E-state index in [2.05, 4.69) is 29.2 Å². The summed E-state index contributed by atoms with van der Waals surface area (Å²) in [5, 5.41) is 7.53. The second-order valence-corrected chi connectivity index (χ2v) is 6.89. The van der Waals surface area contributed by atoms with Crippen molar-refractivity contribution >= 4 is 11.6 Å². The Kier molecular flexibility index (Phi) is 3.23. The molecule has 0 spiro atoms. The van der Waals surface area contributed by atoms with Gasteiger partial charge in [0.05, 0.1) is 17.0 Å². The summed E-state index contributed by atoms with van der Waals surface area (Å²) in [7, 11) is 0. The molecule has 1 unspecified atom stereocenters. The van der Waals surface area contributed by atoms with Crippen LogP contribution in [0.4, 0.5) is 0 Å². The lowest BCUT2D eigenvalue weighted by molar-refractivity contribution is 0.0934. The fourth-order valence-electron chi connectivity index (χ4n) is 3.21. The summed E-state index contributed by atoms with van der Waals surface area (Å²) in [5.74, 6) is -0.0437. The van der Waals surface area contributed by atoms with Crippen LogP contribution in [0.5, 0.6) is 0 Å². The van der Waals surface area contributed by atoms with Crippen LogP contribution in [0.25, 0.3) is 5.65 Å². The SMILES string of the molecule is Cc1cc2ncc(C(=O)NC3CCC(C)(C)C3)c(C)n2n1.